The first kappa shape index (κ1) is 30.9. The van der Waals surface area contributed by atoms with Crippen LogP contribution in [0.5, 0.6) is 0 Å². The molecule has 0 aliphatic heterocycles. The lowest BCUT2D eigenvalue weighted by molar-refractivity contribution is -0.130. The van der Waals surface area contributed by atoms with Crippen LogP contribution in [0.4, 0.5) is 0 Å². The van der Waals surface area contributed by atoms with E-state index in [0.29, 0.717) is 37.2 Å². The molecule has 0 spiro atoms. The summed E-state index contributed by atoms with van der Waals surface area (Å²) in [4.78, 5) is 52.2. The molecule has 0 radical (unpaired) electrons. The molecule has 10 nitrogen and oxygen atoms in total. The summed E-state index contributed by atoms with van der Waals surface area (Å²) >= 11 is 1.29. The molecule has 42 heavy (non-hydrogen) atoms. The standard InChI is InChI=1S/C31H39N7O3S/c1-18(2)14-19(16-26(39)22(32)15-20-17-36-23-9-4-3-8-21(20)23)29(41)37-25(11-7-13-35-31(33)34)28(40)30-38-24-10-5-6-12-27(24)42-30/h3-6,8-10,12,17-19,22,25,36H,7,11,13-16,32H2,1-2H3,(H,37,41)(H4,33,34,35)/t19-,22+,25+/m1/s1. The lowest BCUT2D eigenvalue weighted by Crippen LogP contribution is -2.45. The van der Waals surface area contributed by atoms with E-state index in [2.05, 4.69) is 20.3 Å². The van der Waals surface area contributed by atoms with Gasteiger partial charge >= 0.3 is 0 Å². The number of Topliss-reactive ketones (excluding diaryl/α,β-unsaturated/α-hetero) is 2. The number of carbonyl (C=O) groups is 3. The number of ketones is 2. The van der Waals surface area contributed by atoms with Crippen molar-refractivity contribution in [3.63, 3.8) is 0 Å². The van der Waals surface area contributed by atoms with Gasteiger partial charge in [-0.05, 0) is 55.4 Å². The first-order chi connectivity index (χ1) is 20.1. The molecule has 0 saturated carbocycles. The van der Waals surface area contributed by atoms with Crippen LogP contribution in [-0.2, 0) is 16.0 Å². The highest BCUT2D eigenvalue weighted by Crippen LogP contribution is 2.25. The Labute approximate surface area is 249 Å². The molecule has 3 atom stereocenters. The van der Waals surface area contributed by atoms with Crippen LogP contribution in [0.25, 0.3) is 21.1 Å². The van der Waals surface area contributed by atoms with Crippen LogP contribution in [0.1, 0.15) is 54.9 Å². The molecule has 222 valence electrons. The average Bonchev–Trinajstić information content (AvgIpc) is 3.58. The Balaban J connectivity index is 1.48. The molecular formula is C31H39N7O3S. The summed E-state index contributed by atoms with van der Waals surface area (Å²) in [5, 5.41) is 4.28. The van der Waals surface area contributed by atoms with Gasteiger partial charge in [0.15, 0.2) is 16.8 Å². The van der Waals surface area contributed by atoms with Crippen molar-refractivity contribution in [2.24, 2.45) is 34.0 Å². The quantitative estimate of drug-likeness (QED) is 0.0606. The highest BCUT2D eigenvalue weighted by atomic mass is 32.1. The van der Waals surface area contributed by atoms with Gasteiger partial charge in [-0.3, -0.25) is 19.4 Å². The molecule has 4 aromatic rings. The Morgan fingerprint density at radius 2 is 1.81 bits per heavy atom. The molecule has 0 aliphatic carbocycles. The Kier molecular flexibility index (Phi) is 10.4. The number of H-pyrrole nitrogens is 1. The number of nitrogens with two attached hydrogens (primary N) is 3. The van der Waals surface area contributed by atoms with Crippen molar-refractivity contribution in [1.29, 1.82) is 0 Å². The Morgan fingerprint density at radius 1 is 1.07 bits per heavy atom. The third kappa shape index (κ3) is 8.01. The molecular weight excluding hydrogens is 550 g/mol. The number of guanidine groups is 1. The second-order valence-corrected chi connectivity index (χ2v) is 12.1. The monoisotopic (exact) mass is 589 g/mol. The Hall–Kier alpha value is -4.09. The van der Waals surface area contributed by atoms with Crippen LogP contribution in [0, 0.1) is 11.8 Å². The van der Waals surface area contributed by atoms with E-state index in [1.54, 1.807) is 0 Å². The molecule has 2 aromatic heterocycles. The Morgan fingerprint density at radius 3 is 2.55 bits per heavy atom. The first-order valence-corrected chi connectivity index (χ1v) is 15.0. The lowest BCUT2D eigenvalue weighted by atomic mass is 9.88. The predicted octanol–water partition coefficient (Wildman–Crippen LogP) is 3.69. The van der Waals surface area contributed by atoms with Gasteiger partial charge < -0.3 is 27.5 Å². The molecule has 0 unspecified atom stereocenters. The number of aromatic nitrogens is 2. The molecule has 11 heteroatoms. The van der Waals surface area contributed by atoms with Gasteiger partial charge in [0, 0.05) is 36.0 Å². The number of amides is 1. The molecule has 0 bridgehead atoms. The molecule has 0 saturated heterocycles. The van der Waals surface area contributed by atoms with Gasteiger partial charge in [-0.15, -0.1) is 11.3 Å². The van der Waals surface area contributed by atoms with Crippen LogP contribution < -0.4 is 22.5 Å². The van der Waals surface area contributed by atoms with Crippen molar-refractivity contribution in [2.45, 2.75) is 58.0 Å². The van der Waals surface area contributed by atoms with E-state index in [0.717, 1.165) is 26.7 Å². The van der Waals surface area contributed by atoms with Crippen LogP contribution in [-0.4, -0.2) is 52.0 Å². The molecule has 0 fully saturated rings. The van der Waals surface area contributed by atoms with E-state index in [1.165, 1.54) is 11.3 Å². The summed E-state index contributed by atoms with van der Waals surface area (Å²) in [5.74, 6) is -1.33. The number of benzene rings is 2. The second kappa shape index (κ2) is 14.2. The molecule has 4 rings (SSSR count). The molecule has 0 aliphatic rings. The van der Waals surface area contributed by atoms with Crippen molar-refractivity contribution in [2.75, 3.05) is 6.54 Å². The number of aliphatic imine (C=N–C) groups is 1. The zero-order chi connectivity index (χ0) is 30.2. The highest BCUT2D eigenvalue weighted by Gasteiger charge is 2.31. The maximum atomic E-state index is 13.6. The van der Waals surface area contributed by atoms with Gasteiger partial charge in [0.05, 0.1) is 22.3 Å². The maximum absolute atomic E-state index is 13.6. The van der Waals surface area contributed by atoms with Gasteiger partial charge in [-0.1, -0.05) is 44.2 Å². The number of nitrogens with zero attached hydrogens (tertiary/aromatic N) is 2. The molecule has 2 aromatic carbocycles. The largest absolute Gasteiger partial charge is 0.370 e. The minimum Gasteiger partial charge on any atom is -0.370 e. The summed E-state index contributed by atoms with van der Waals surface area (Å²) < 4.78 is 0.888. The summed E-state index contributed by atoms with van der Waals surface area (Å²) in [7, 11) is 0. The zero-order valence-corrected chi connectivity index (χ0v) is 24.8. The summed E-state index contributed by atoms with van der Waals surface area (Å²) in [6.45, 7) is 4.31. The van der Waals surface area contributed by atoms with Gasteiger partial charge in [-0.25, -0.2) is 4.98 Å². The third-order valence-corrected chi connectivity index (χ3v) is 8.24. The first-order valence-electron chi connectivity index (χ1n) is 14.2. The number of rotatable bonds is 15. The van der Waals surface area contributed by atoms with Crippen molar-refractivity contribution in [1.82, 2.24) is 15.3 Å². The SMILES string of the molecule is CC(C)C[C@H](CC(=O)[C@@H](N)Cc1c[nH]c2ccccc12)C(=O)N[C@@H](CCCN=C(N)N)C(=O)c1nc2ccccc2s1. The zero-order valence-electron chi connectivity index (χ0n) is 24.0. The molecule has 8 N–H and O–H groups in total. The number of thiazole rings is 1. The third-order valence-electron chi connectivity index (χ3n) is 7.19. The normalized spacial score (nSPS) is 13.6. The van der Waals surface area contributed by atoms with E-state index in [4.69, 9.17) is 17.2 Å². The number of para-hydroxylation sites is 2. The van der Waals surface area contributed by atoms with Crippen LogP contribution in [0.3, 0.4) is 0 Å². The van der Waals surface area contributed by atoms with Crippen molar-refractivity contribution in [3.8, 4) is 0 Å². The van der Waals surface area contributed by atoms with Gasteiger partial charge in [0.1, 0.15) is 0 Å². The van der Waals surface area contributed by atoms with Crippen LogP contribution in [0.2, 0.25) is 0 Å². The van der Waals surface area contributed by atoms with Crippen molar-refractivity contribution in [3.05, 3.63) is 65.3 Å². The van der Waals surface area contributed by atoms with Gasteiger partial charge in [0.2, 0.25) is 11.7 Å². The summed E-state index contributed by atoms with van der Waals surface area (Å²) in [5.41, 5.74) is 19.9. The summed E-state index contributed by atoms with van der Waals surface area (Å²) in [6.07, 6.45) is 3.50. The van der Waals surface area contributed by atoms with E-state index in [-0.39, 0.29) is 35.8 Å². The lowest BCUT2D eigenvalue weighted by Gasteiger charge is -2.23. The van der Waals surface area contributed by atoms with E-state index >= 15 is 0 Å². The number of aromatic amines is 1. The maximum Gasteiger partial charge on any atom is 0.224 e. The number of fused-ring (bicyclic) bond motifs is 2. The second-order valence-electron chi connectivity index (χ2n) is 11.0. The van der Waals surface area contributed by atoms with E-state index < -0.39 is 18.0 Å². The van der Waals surface area contributed by atoms with E-state index in [1.807, 2.05) is 68.6 Å². The Bertz CT molecular complexity index is 1540. The van der Waals surface area contributed by atoms with Gasteiger partial charge in [-0.2, -0.15) is 0 Å². The molecule has 1 amide bonds. The minimum atomic E-state index is -0.836. The fraction of sp³-hybridized carbons (Fsp3) is 0.387. The number of nitrogens with one attached hydrogen (secondary N) is 2. The van der Waals surface area contributed by atoms with Crippen LogP contribution in [0.15, 0.2) is 59.7 Å². The number of hydrogen-bond donors (Lipinski definition) is 5. The predicted molar refractivity (Wildman–Crippen MR) is 168 cm³/mol. The van der Waals surface area contributed by atoms with Crippen molar-refractivity contribution < 1.29 is 14.4 Å². The average molecular weight is 590 g/mol. The highest BCUT2D eigenvalue weighted by molar-refractivity contribution is 7.20. The number of hydrogen-bond acceptors (Lipinski definition) is 7. The number of carbonyl (C=O) groups excluding carboxylic acids is 3. The summed E-state index contributed by atoms with van der Waals surface area (Å²) in [6, 6.07) is 13.8. The van der Waals surface area contributed by atoms with Crippen molar-refractivity contribution >= 4 is 55.9 Å². The van der Waals surface area contributed by atoms with E-state index in [9.17, 15) is 14.4 Å². The fourth-order valence-corrected chi connectivity index (χ4v) is 6.05. The minimum absolute atomic E-state index is 0.0103. The fourth-order valence-electron chi connectivity index (χ4n) is 5.09. The molecule has 2 heterocycles. The topological polar surface area (TPSA) is 182 Å². The van der Waals surface area contributed by atoms with Crippen LogP contribution >= 0.6 is 11.3 Å². The van der Waals surface area contributed by atoms with Gasteiger partial charge in [0.25, 0.3) is 0 Å². The smallest absolute Gasteiger partial charge is 0.224 e.